The Hall–Kier alpha value is -1.62. The second kappa shape index (κ2) is 4.71. The van der Waals surface area contributed by atoms with E-state index >= 15 is 0 Å². The molecule has 0 saturated heterocycles. The van der Waals surface area contributed by atoms with Gasteiger partial charge in [-0.2, -0.15) is 0 Å². The van der Waals surface area contributed by atoms with E-state index in [4.69, 9.17) is 5.73 Å². The third-order valence-corrected chi connectivity index (χ3v) is 3.14. The second-order valence-electron chi connectivity index (χ2n) is 4.60. The molecular formula is C12H17N3O2. The summed E-state index contributed by atoms with van der Waals surface area (Å²) in [4.78, 5) is 10.6. The topological polar surface area (TPSA) is 81.2 Å². The number of nitro benzene ring substituents is 1. The van der Waals surface area contributed by atoms with Crippen molar-refractivity contribution in [2.45, 2.75) is 25.8 Å². The first-order chi connectivity index (χ1) is 8.11. The van der Waals surface area contributed by atoms with Gasteiger partial charge >= 0.3 is 0 Å². The molecule has 0 aliphatic heterocycles. The highest BCUT2D eigenvalue weighted by molar-refractivity contribution is 5.63. The van der Waals surface area contributed by atoms with Crippen LogP contribution in [0.2, 0.25) is 0 Å². The van der Waals surface area contributed by atoms with Gasteiger partial charge in [-0.1, -0.05) is 6.07 Å². The summed E-state index contributed by atoms with van der Waals surface area (Å²) in [5.41, 5.74) is 7.27. The molecule has 0 radical (unpaired) electrons. The lowest BCUT2D eigenvalue weighted by atomic mass is 10.1. The van der Waals surface area contributed by atoms with Gasteiger partial charge in [0.25, 0.3) is 5.69 Å². The maximum absolute atomic E-state index is 11.0. The van der Waals surface area contributed by atoms with Gasteiger partial charge in [-0.15, -0.1) is 0 Å². The van der Waals surface area contributed by atoms with Crippen LogP contribution in [0.5, 0.6) is 0 Å². The number of nitrogens with one attached hydrogen (secondary N) is 1. The van der Waals surface area contributed by atoms with E-state index in [1.165, 1.54) is 0 Å². The fourth-order valence-corrected chi connectivity index (χ4v) is 1.98. The van der Waals surface area contributed by atoms with E-state index < -0.39 is 0 Å². The van der Waals surface area contributed by atoms with Gasteiger partial charge in [0, 0.05) is 18.7 Å². The molecule has 3 N–H and O–H groups in total. The van der Waals surface area contributed by atoms with Crippen molar-refractivity contribution < 1.29 is 4.92 Å². The Labute approximate surface area is 100 Å². The highest BCUT2D eigenvalue weighted by Gasteiger charge is 2.31. The van der Waals surface area contributed by atoms with Crippen molar-refractivity contribution in [1.29, 1.82) is 0 Å². The monoisotopic (exact) mass is 235 g/mol. The summed E-state index contributed by atoms with van der Waals surface area (Å²) in [6.07, 6.45) is 2.32. The van der Waals surface area contributed by atoms with Crippen molar-refractivity contribution in [2.75, 3.05) is 11.9 Å². The summed E-state index contributed by atoms with van der Waals surface area (Å²) < 4.78 is 0. The molecule has 1 aliphatic carbocycles. The maximum Gasteiger partial charge on any atom is 0.292 e. The summed E-state index contributed by atoms with van der Waals surface area (Å²) in [5, 5.41) is 14.2. The lowest BCUT2D eigenvalue weighted by Crippen LogP contribution is -2.31. The second-order valence-corrected chi connectivity index (χ2v) is 4.60. The molecule has 1 aromatic rings. The minimum absolute atomic E-state index is 0.129. The van der Waals surface area contributed by atoms with Gasteiger partial charge in [0.2, 0.25) is 0 Å². The van der Waals surface area contributed by atoms with Crippen molar-refractivity contribution in [1.82, 2.24) is 0 Å². The predicted molar refractivity (Wildman–Crippen MR) is 67.0 cm³/mol. The summed E-state index contributed by atoms with van der Waals surface area (Å²) in [7, 11) is 0. The number of hydrogen-bond acceptors (Lipinski definition) is 4. The molecule has 2 rings (SSSR count). The van der Waals surface area contributed by atoms with Gasteiger partial charge in [0.1, 0.15) is 5.69 Å². The lowest BCUT2D eigenvalue weighted by molar-refractivity contribution is -0.384. The molecule has 1 fully saturated rings. The third kappa shape index (κ3) is 2.74. The van der Waals surface area contributed by atoms with E-state index in [1.807, 2.05) is 13.0 Å². The van der Waals surface area contributed by atoms with Crippen LogP contribution >= 0.6 is 0 Å². The maximum atomic E-state index is 11.0. The molecule has 1 aliphatic rings. The molecule has 5 nitrogen and oxygen atoms in total. The van der Waals surface area contributed by atoms with Crippen LogP contribution in [-0.2, 0) is 0 Å². The van der Waals surface area contributed by atoms with Crippen molar-refractivity contribution in [2.24, 2.45) is 11.7 Å². The fourth-order valence-electron chi connectivity index (χ4n) is 1.98. The van der Waals surface area contributed by atoms with Crippen molar-refractivity contribution in [3.8, 4) is 0 Å². The first-order valence-corrected chi connectivity index (χ1v) is 5.83. The zero-order chi connectivity index (χ0) is 12.4. The number of benzene rings is 1. The average Bonchev–Trinajstić information content (AvgIpc) is 3.11. The standard InChI is InChI=1S/C12H17N3O2/c1-8-2-5-10(12(6-8)15(16)17)14-11(7-13)9-3-4-9/h2,5-6,9,11,14H,3-4,7,13H2,1H3. The molecule has 92 valence electrons. The Morgan fingerprint density at radius 1 is 1.59 bits per heavy atom. The Balaban J connectivity index is 2.21. The van der Waals surface area contributed by atoms with E-state index in [1.54, 1.807) is 12.1 Å². The van der Waals surface area contributed by atoms with E-state index in [0.29, 0.717) is 18.2 Å². The number of nitrogens with two attached hydrogens (primary N) is 1. The molecule has 0 aromatic heterocycles. The molecule has 1 atom stereocenters. The first kappa shape index (κ1) is 11.9. The minimum Gasteiger partial charge on any atom is -0.375 e. The number of nitrogens with zero attached hydrogens (tertiary/aromatic N) is 1. The number of aryl methyl sites for hydroxylation is 1. The normalized spacial score (nSPS) is 16.6. The molecule has 1 saturated carbocycles. The van der Waals surface area contributed by atoms with Crippen LogP contribution in [0.1, 0.15) is 18.4 Å². The van der Waals surface area contributed by atoms with E-state index in [0.717, 1.165) is 18.4 Å². The quantitative estimate of drug-likeness (QED) is 0.604. The minimum atomic E-state index is -0.351. The summed E-state index contributed by atoms with van der Waals surface area (Å²) in [5.74, 6) is 0.570. The molecule has 1 unspecified atom stereocenters. The molecule has 1 aromatic carbocycles. The van der Waals surface area contributed by atoms with Crippen molar-refractivity contribution >= 4 is 11.4 Å². The smallest absolute Gasteiger partial charge is 0.292 e. The molecule has 0 amide bonds. The largest absolute Gasteiger partial charge is 0.375 e. The highest BCUT2D eigenvalue weighted by atomic mass is 16.6. The zero-order valence-corrected chi connectivity index (χ0v) is 9.85. The van der Waals surface area contributed by atoms with Crippen LogP contribution in [0.15, 0.2) is 18.2 Å². The third-order valence-electron chi connectivity index (χ3n) is 3.14. The number of hydrogen-bond donors (Lipinski definition) is 2. The van der Waals surface area contributed by atoms with Gasteiger partial charge < -0.3 is 11.1 Å². The zero-order valence-electron chi connectivity index (χ0n) is 9.85. The number of anilines is 1. The van der Waals surface area contributed by atoms with Crippen LogP contribution < -0.4 is 11.1 Å². The lowest BCUT2D eigenvalue weighted by Gasteiger charge is -2.17. The van der Waals surface area contributed by atoms with Gasteiger partial charge in [-0.3, -0.25) is 10.1 Å². The predicted octanol–water partition coefficient (Wildman–Crippen LogP) is 2.05. The van der Waals surface area contributed by atoms with Gasteiger partial charge in [0.15, 0.2) is 0 Å². The van der Waals surface area contributed by atoms with Gasteiger partial charge in [0.05, 0.1) is 4.92 Å². The van der Waals surface area contributed by atoms with E-state index in [-0.39, 0.29) is 16.7 Å². The Kier molecular flexibility index (Phi) is 3.28. The SMILES string of the molecule is Cc1ccc(NC(CN)C2CC2)c([N+](=O)[O-])c1. The molecular weight excluding hydrogens is 218 g/mol. The first-order valence-electron chi connectivity index (χ1n) is 5.83. The molecule has 0 spiro atoms. The Bertz CT molecular complexity index is 430. The molecule has 0 heterocycles. The van der Waals surface area contributed by atoms with Crippen molar-refractivity contribution in [3.05, 3.63) is 33.9 Å². The average molecular weight is 235 g/mol. The number of nitro groups is 1. The number of rotatable bonds is 5. The van der Waals surface area contributed by atoms with Crippen LogP contribution in [0.3, 0.4) is 0 Å². The molecule has 5 heteroatoms. The van der Waals surface area contributed by atoms with Crippen LogP contribution in [0.25, 0.3) is 0 Å². The summed E-state index contributed by atoms with van der Waals surface area (Å²) in [6, 6.07) is 5.37. The highest BCUT2D eigenvalue weighted by Crippen LogP contribution is 2.35. The van der Waals surface area contributed by atoms with Gasteiger partial charge in [-0.05, 0) is 37.3 Å². The Morgan fingerprint density at radius 3 is 2.82 bits per heavy atom. The van der Waals surface area contributed by atoms with E-state index in [2.05, 4.69) is 5.32 Å². The summed E-state index contributed by atoms with van der Waals surface area (Å²) >= 11 is 0. The van der Waals surface area contributed by atoms with Crippen molar-refractivity contribution in [3.63, 3.8) is 0 Å². The summed E-state index contributed by atoms with van der Waals surface area (Å²) in [6.45, 7) is 2.35. The van der Waals surface area contributed by atoms with E-state index in [9.17, 15) is 10.1 Å². The molecule has 17 heavy (non-hydrogen) atoms. The Morgan fingerprint density at radius 2 is 2.29 bits per heavy atom. The van der Waals surface area contributed by atoms with Crippen LogP contribution in [-0.4, -0.2) is 17.5 Å². The van der Waals surface area contributed by atoms with Crippen LogP contribution in [0, 0.1) is 23.0 Å². The molecule has 0 bridgehead atoms. The van der Waals surface area contributed by atoms with Gasteiger partial charge in [-0.25, -0.2) is 0 Å². The van der Waals surface area contributed by atoms with Crippen LogP contribution in [0.4, 0.5) is 11.4 Å². The fraction of sp³-hybridized carbons (Fsp3) is 0.500.